The topological polar surface area (TPSA) is 101 Å². The van der Waals surface area contributed by atoms with Gasteiger partial charge < -0.3 is 15.9 Å². The van der Waals surface area contributed by atoms with Gasteiger partial charge in [-0.05, 0) is 12.8 Å². The average Bonchev–Trinajstić information content (AvgIpc) is 2.32. The van der Waals surface area contributed by atoms with Crippen molar-refractivity contribution in [1.29, 1.82) is 0 Å². The Balaban J connectivity index is 2.89. The number of hydrogen-bond acceptors (Lipinski definition) is 3. The molecule has 5 nitrogen and oxygen atoms in total. The molecule has 0 bridgehead atoms. The predicted octanol–water partition coefficient (Wildman–Crippen LogP) is -0.347. The van der Waals surface area contributed by atoms with E-state index in [1.807, 2.05) is 0 Å². The highest BCUT2D eigenvalue weighted by Gasteiger charge is 2.49. The van der Waals surface area contributed by atoms with Crippen molar-refractivity contribution in [3.05, 3.63) is 0 Å². The first kappa shape index (κ1) is 8.99. The van der Waals surface area contributed by atoms with Gasteiger partial charge in [-0.2, -0.15) is 0 Å². The summed E-state index contributed by atoms with van der Waals surface area (Å²) in [5.74, 6) is -3.26. The van der Waals surface area contributed by atoms with Gasteiger partial charge in [0.1, 0.15) is 5.54 Å². The van der Waals surface area contributed by atoms with Gasteiger partial charge in [-0.3, -0.25) is 9.59 Å². The minimum atomic E-state index is -1.55. The highest BCUT2D eigenvalue weighted by Crippen LogP contribution is 2.33. The maximum absolute atomic E-state index is 10.6. The van der Waals surface area contributed by atoms with Crippen molar-refractivity contribution in [3.63, 3.8) is 0 Å². The van der Waals surface area contributed by atoms with Gasteiger partial charge in [-0.15, -0.1) is 0 Å². The normalized spacial score (nSPS) is 34.9. The Morgan fingerprint density at radius 3 is 2.33 bits per heavy atom. The average molecular weight is 173 g/mol. The SMILES string of the molecule is N[C@]1(C(=O)O)CCC[C@@H]1C(=O)O. The Morgan fingerprint density at radius 1 is 1.42 bits per heavy atom. The van der Waals surface area contributed by atoms with E-state index in [2.05, 4.69) is 0 Å². The third-order valence-corrected chi connectivity index (χ3v) is 2.40. The number of nitrogens with two attached hydrogens (primary N) is 1. The Kier molecular flexibility index (Phi) is 2.06. The second-order valence-corrected chi connectivity index (χ2v) is 3.13. The van der Waals surface area contributed by atoms with E-state index < -0.39 is 23.4 Å². The summed E-state index contributed by atoms with van der Waals surface area (Å²) in [7, 11) is 0. The number of hydrogen-bond donors (Lipinski definition) is 3. The van der Waals surface area contributed by atoms with Gasteiger partial charge in [0.05, 0.1) is 5.92 Å². The second kappa shape index (κ2) is 2.75. The fourth-order valence-corrected chi connectivity index (χ4v) is 1.63. The lowest BCUT2D eigenvalue weighted by Gasteiger charge is -2.22. The van der Waals surface area contributed by atoms with Gasteiger partial charge in [0.2, 0.25) is 0 Å². The fourth-order valence-electron chi connectivity index (χ4n) is 1.63. The summed E-state index contributed by atoms with van der Waals surface area (Å²) >= 11 is 0. The summed E-state index contributed by atoms with van der Waals surface area (Å²) in [6, 6.07) is 0. The third kappa shape index (κ3) is 1.16. The molecule has 0 unspecified atom stereocenters. The maximum Gasteiger partial charge on any atom is 0.324 e. The van der Waals surface area contributed by atoms with Gasteiger partial charge in [0.15, 0.2) is 0 Å². The van der Waals surface area contributed by atoms with Crippen molar-refractivity contribution in [2.24, 2.45) is 11.7 Å². The first-order valence-corrected chi connectivity index (χ1v) is 3.73. The van der Waals surface area contributed by atoms with E-state index >= 15 is 0 Å². The van der Waals surface area contributed by atoms with E-state index in [-0.39, 0.29) is 6.42 Å². The van der Waals surface area contributed by atoms with Crippen LogP contribution in [-0.2, 0) is 9.59 Å². The Labute approximate surface area is 69.2 Å². The monoisotopic (exact) mass is 173 g/mol. The molecular formula is C7H11NO4. The van der Waals surface area contributed by atoms with E-state index in [0.29, 0.717) is 12.8 Å². The predicted molar refractivity (Wildman–Crippen MR) is 39.5 cm³/mol. The molecule has 1 saturated carbocycles. The summed E-state index contributed by atoms with van der Waals surface area (Å²) in [5, 5.41) is 17.4. The molecule has 0 aromatic rings. The Bertz CT molecular complexity index is 227. The summed E-state index contributed by atoms with van der Waals surface area (Å²) in [6.07, 6.45) is 1.18. The molecule has 1 fully saturated rings. The van der Waals surface area contributed by atoms with E-state index in [9.17, 15) is 9.59 Å². The summed E-state index contributed by atoms with van der Waals surface area (Å²) in [6.45, 7) is 0. The molecule has 0 saturated heterocycles. The number of aliphatic carboxylic acids is 2. The van der Waals surface area contributed by atoms with Crippen LogP contribution >= 0.6 is 0 Å². The van der Waals surface area contributed by atoms with Gasteiger partial charge >= 0.3 is 11.9 Å². The van der Waals surface area contributed by atoms with Crippen molar-refractivity contribution in [2.75, 3.05) is 0 Å². The summed E-state index contributed by atoms with van der Waals surface area (Å²) in [4.78, 5) is 21.2. The molecule has 0 spiro atoms. The zero-order chi connectivity index (χ0) is 9.35. The third-order valence-electron chi connectivity index (χ3n) is 2.40. The fraction of sp³-hybridized carbons (Fsp3) is 0.714. The van der Waals surface area contributed by atoms with Crippen LogP contribution in [0, 0.1) is 5.92 Å². The van der Waals surface area contributed by atoms with Gasteiger partial charge in [0, 0.05) is 0 Å². The summed E-state index contributed by atoms with van der Waals surface area (Å²) in [5.41, 5.74) is 3.92. The van der Waals surface area contributed by atoms with Gasteiger partial charge in [-0.25, -0.2) is 0 Å². The van der Waals surface area contributed by atoms with Crippen molar-refractivity contribution in [3.8, 4) is 0 Å². The lowest BCUT2D eigenvalue weighted by molar-refractivity contribution is -0.153. The molecule has 0 aliphatic heterocycles. The lowest BCUT2D eigenvalue weighted by atomic mass is 9.88. The van der Waals surface area contributed by atoms with Crippen LogP contribution in [0.25, 0.3) is 0 Å². The Hall–Kier alpha value is -1.10. The number of rotatable bonds is 2. The molecule has 5 heteroatoms. The molecule has 0 radical (unpaired) electrons. The van der Waals surface area contributed by atoms with Crippen molar-refractivity contribution >= 4 is 11.9 Å². The molecule has 0 aromatic carbocycles. The molecule has 1 aliphatic rings. The van der Waals surface area contributed by atoms with Crippen LogP contribution in [0.15, 0.2) is 0 Å². The molecule has 0 heterocycles. The summed E-state index contributed by atoms with van der Waals surface area (Å²) < 4.78 is 0. The molecule has 1 aliphatic carbocycles. The minimum absolute atomic E-state index is 0.249. The number of carboxylic acids is 2. The lowest BCUT2D eigenvalue weighted by Crippen LogP contribution is -2.53. The van der Waals surface area contributed by atoms with Crippen LogP contribution in [0.2, 0.25) is 0 Å². The van der Waals surface area contributed by atoms with Crippen LogP contribution in [0.5, 0.6) is 0 Å². The highest BCUT2D eigenvalue weighted by atomic mass is 16.4. The van der Waals surface area contributed by atoms with Crippen LogP contribution < -0.4 is 5.73 Å². The number of carboxylic acid groups (broad SMARTS) is 2. The smallest absolute Gasteiger partial charge is 0.324 e. The molecule has 12 heavy (non-hydrogen) atoms. The zero-order valence-electron chi connectivity index (χ0n) is 6.49. The van der Waals surface area contributed by atoms with Gasteiger partial charge in [-0.1, -0.05) is 6.42 Å². The minimum Gasteiger partial charge on any atom is -0.481 e. The second-order valence-electron chi connectivity index (χ2n) is 3.13. The van der Waals surface area contributed by atoms with E-state index in [1.54, 1.807) is 0 Å². The quantitative estimate of drug-likeness (QED) is 0.530. The molecule has 68 valence electrons. The van der Waals surface area contributed by atoms with Crippen LogP contribution in [0.1, 0.15) is 19.3 Å². The first-order chi connectivity index (χ1) is 5.48. The van der Waals surface area contributed by atoms with E-state index in [4.69, 9.17) is 15.9 Å². The first-order valence-electron chi connectivity index (χ1n) is 3.73. The van der Waals surface area contributed by atoms with Crippen LogP contribution in [-0.4, -0.2) is 27.7 Å². The van der Waals surface area contributed by atoms with Gasteiger partial charge in [0.25, 0.3) is 0 Å². The molecule has 4 N–H and O–H groups in total. The standard InChI is InChI=1S/C7H11NO4/c8-7(6(11)12)3-1-2-4(7)5(9)10/h4H,1-3,8H2,(H,9,10)(H,11,12)/t4-,7-/m1/s1. The Morgan fingerprint density at radius 2 is 2.00 bits per heavy atom. The van der Waals surface area contributed by atoms with Crippen LogP contribution in [0.3, 0.4) is 0 Å². The van der Waals surface area contributed by atoms with E-state index in [1.165, 1.54) is 0 Å². The molecule has 0 aromatic heterocycles. The van der Waals surface area contributed by atoms with Crippen molar-refractivity contribution < 1.29 is 19.8 Å². The van der Waals surface area contributed by atoms with E-state index in [0.717, 1.165) is 0 Å². The van der Waals surface area contributed by atoms with Crippen molar-refractivity contribution in [2.45, 2.75) is 24.8 Å². The largest absolute Gasteiger partial charge is 0.481 e. The number of carbonyl (C=O) groups is 2. The maximum atomic E-state index is 10.6. The van der Waals surface area contributed by atoms with Crippen molar-refractivity contribution in [1.82, 2.24) is 0 Å². The molecular weight excluding hydrogens is 162 g/mol. The zero-order valence-corrected chi connectivity index (χ0v) is 6.49. The highest BCUT2D eigenvalue weighted by molar-refractivity contribution is 5.87. The molecule has 2 atom stereocenters. The molecule has 0 amide bonds. The molecule has 1 rings (SSSR count). The van der Waals surface area contributed by atoms with Crippen LogP contribution in [0.4, 0.5) is 0 Å².